The van der Waals surface area contributed by atoms with E-state index in [9.17, 15) is 9.59 Å². The average molecular weight is 344 g/mol. The van der Waals surface area contributed by atoms with Gasteiger partial charge in [0, 0.05) is 17.5 Å². The van der Waals surface area contributed by atoms with Gasteiger partial charge in [0.2, 0.25) is 0 Å². The van der Waals surface area contributed by atoms with Crippen molar-refractivity contribution in [3.05, 3.63) is 102 Å². The molecule has 3 aromatic rings. The third-order valence-electron chi connectivity index (χ3n) is 4.36. The van der Waals surface area contributed by atoms with Gasteiger partial charge in [-0.3, -0.25) is 9.59 Å². The Morgan fingerprint density at radius 1 is 0.808 bits per heavy atom. The minimum atomic E-state index is -0.516. The highest BCUT2D eigenvalue weighted by Gasteiger charge is 2.25. The summed E-state index contributed by atoms with van der Waals surface area (Å²) in [5, 5.41) is 0. The zero-order valence-electron chi connectivity index (χ0n) is 14.6. The van der Waals surface area contributed by atoms with Crippen LogP contribution in [-0.2, 0) is 0 Å². The van der Waals surface area contributed by atoms with Crippen LogP contribution < -0.4 is 4.74 Å². The highest BCUT2D eigenvalue weighted by molar-refractivity contribution is 6.06. The molecule has 130 valence electrons. The van der Waals surface area contributed by atoms with Crippen molar-refractivity contribution in [3.8, 4) is 5.75 Å². The van der Waals surface area contributed by atoms with Crippen LogP contribution in [0.25, 0.3) is 0 Å². The van der Waals surface area contributed by atoms with Gasteiger partial charge in [0.25, 0.3) is 0 Å². The van der Waals surface area contributed by atoms with Gasteiger partial charge in [-0.1, -0.05) is 72.8 Å². The lowest BCUT2D eigenvalue weighted by atomic mass is 9.85. The molecule has 0 aliphatic carbocycles. The molecule has 3 nitrogen and oxygen atoms in total. The molecule has 0 amide bonds. The summed E-state index contributed by atoms with van der Waals surface area (Å²) in [7, 11) is 1.56. The van der Waals surface area contributed by atoms with E-state index in [0.29, 0.717) is 16.9 Å². The van der Waals surface area contributed by atoms with Gasteiger partial charge in [-0.2, -0.15) is 0 Å². The second-order valence-corrected chi connectivity index (χ2v) is 6.05. The maximum Gasteiger partial charge on any atom is 0.170 e. The van der Waals surface area contributed by atoms with Crippen LogP contribution >= 0.6 is 0 Å². The van der Waals surface area contributed by atoms with Crippen LogP contribution in [0.2, 0.25) is 0 Å². The summed E-state index contributed by atoms with van der Waals surface area (Å²) in [6.45, 7) is 0. The summed E-state index contributed by atoms with van der Waals surface area (Å²) in [6, 6.07) is 25.6. The number of hydrogen-bond acceptors (Lipinski definition) is 3. The van der Waals surface area contributed by atoms with Gasteiger partial charge in [-0.15, -0.1) is 0 Å². The van der Waals surface area contributed by atoms with E-state index in [1.165, 1.54) is 0 Å². The molecule has 0 aliphatic heterocycles. The van der Waals surface area contributed by atoms with Gasteiger partial charge in [0.15, 0.2) is 11.6 Å². The largest absolute Gasteiger partial charge is 0.497 e. The van der Waals surface area contributed by atoms with E-state index in [2.05, 4.69) is 0 Å². The fourth-order valence-corrected chi connectivity index (χ4v) is 2.95. The van der Waals surface area contributed by atoms with Gasteiger partial charge < -0.3 is 4.74 Å². The number of benzene rings is 3. The van der Waals surface area contributed by atoms with Gasteiger partial charge in [0.1, 0.15) is 5.75 Å². The Morgan fingerprint density at radius 2 is 1.42 bits per heavy atom. The zero-order chi connectivity index (χ0) is 18.4. The highest BCUT2D eigenvalue weighted by Crippen LogP contribution is 2.27. The molecule has 0 aromatic heterocycles. The SMILES string of the molecule is COc1cccc(C(=O)CC(C(=O)c2ccccc2)c2ccccc2)c1. The van der Waals surface area contributed by atoms with Crippen molar-refractivity contribution in [1.29, 1.82) is 0 Å². The van der Waals surface area contributed by atoms with Crippen molar-refractivity contribution in [2.24, 2.45) is 0 Å². The Balaban J connectivity index is 1.91. The minimum absolute atomic E-state index is 0.0481. The Bertz CT molecular complexity index is 886. The smallest absolute Gasteiger partial charge is 0.170 e. The predicted octanol–water partition coefficient (Wildman–Crippen LogP) is 4.93. The first-order valence-corrected chi connectivity index (χ1v) is 8.50. The molecule has 0 saturated carbocycles. The summed E-state index contributed by atoms with van der Waals surface area (Å²) in [5.74, 6) is -0.0196. The molecule has 0 N–H and O–H groups in total. The number of Topliss-reactive ketones (excluding diaryl/α,β-unsaturated/α-hetero) is 2. The highest BCUT2D eigenvalue weighted by atomic mass is 16.5. The Morgan fingerprint density at radius 3 is 2.08 bits per heavy atom. The number of hydrogen-bond donors (Lipinski definition) is 0. The fourth-order valence-electron chi connectivity index (χ4n) is 2.95. The van der Waals surface area contributed by atoms with Crippen molar-refractivity contribution in [1.82, 2.24) is 0 Å². The summed E-state index contributed by atoms with van der Waals surface area (Å²) in [6.07, 6.45) is 0.116. The molecule has 3 aromatic carbocycles. The number of carbonyl (C=O) groups is 2. The Kier molecular flexibility index (Phi) is 5.59. The van der Waals surface area contributed by atoms with Gasteiger partial charge in [0.05, 0.1) is 13.0 Å². The molecule has 26 heavy (non-hydrogen) atoms. The first-order valence-electron chi connectivity index (χ1n) is 8.50. The van der Waals surface area contributed by atoms with Gasteiger partial charge in [-0.05, 0) is 17.7 Å². The molecule has 3 rings (SSSR count). The standard InChI is InChI=1S/C23H20O3/c1-26-20-14-8-13-19(15-20)22(24)16-21(17-9-4-2-5-10-17)23(25)18-11-6-3-7-12-18/h2-15,21H,16H2,1H3. The lowest BCUT2D eigenvalue weighted by Crippen LogP contribution is -2.17. The molecule has 1 atom stereocenters. The summed E-state index contributed by atoms with van der Waals surface area (Å²) < 4.78 is 5.19. The number of ketones is 2. The number of ether oxygens (including phenoxy) is 1. The first kappa shape index (κ1) is 17.6. The second-order valence-electron chi connectivity index (χ2n) is 6.05. The fraction of sp³-hybridized carbons (Fsp3) is 0.130. The van der Waals surface area contributed by atoms with Crippen LogP contribution in [0.5, 0.6) is 5.75 Å². The maximum absolute atomic E-state index is 13.1. The summed E-state index contributed by atoms with van der Waals surface area (Å²) >= 11 is 0. The van der Waals surface area contributed by atoms with Crippen LogP contribution in [0, 0.1) is 0 Å². The lowest BCUT2D eigenvalue weighted by molar-refractivity contribution is 0.0893. The zero-order valence-corrected chi connectivity index (χ0v) is 14.6. The van der Waals surface area contributed by atoms with Crippen LogP contribution in [0.3, 0.4) is 0 Å². The molecular weight excluding hydrogens is 324 g/mol. The number of rotatable bonds is 7. The number of methoxy groups -OCH3 is 1. The van der Waals surface area contributed by atoms with Crippen molar-refractivity contribution in [2.45, 2.75) is 12.3 Å². The Labute approximate surface area is 153 Å². The van der Waals surface area contributed by atoms with E-state index in [1.54, 1.807) is 43.5 Å². The van der Waals surface area contributed by atoms with Crippen molar-refractivity contribution in [3.63, 3.8) is 0 Å². The van der Waals surface area contributed by atoms with Crippen molar-refractivity contribution < 1.29 is 14.3 Å². The summed E-state index contributed by atoms with van der Waals surface area (Å²) in [5.41, 5.74) is 2.00. The predicted molar refractivity (Wildman–Crippen MR) is 102 cm³/mol. The lowest BCUT2D eigenvalue weighted by Gasteiger charge is -2.16. The number of carbonyl (C=O) groups excluding carboxylic acids is 2. The van der Waals surface area contributed by atoms with Crippen LogP contribution in [0.15, 0.2) is 84.9 Å². The van der Waals surface area contributed by atoms with Crippen LogP contribution in [0.1, 0.15) is 38.6 Å². The molecule has 0 radical (unpaired) electrons. The molecule has 3 heteroatoms. The van der Waals surface area contributed by atoms with E-state index in [0.717, 1.165) is 5.56 Å². The molecule has 0 saturated heterocycles. The van der Waals surface area contributed by atoms with E-state index in [1.807, 2.05) is 48.5 Å². The third-order valence-corrected chi connectivity index (χ3v) is 4.36. The monoisotopic (exact) mass is 344 g/mol. The molecule has 0 bridgehead atoms. The van der Waals surface area contributed by atoms with E-state index < -0.39 is 5.92 Å². The molecular formula is C23H20O3. The van der Waals surface area contributed by atoms with Gasteiger partial charge >= 0.3 is 0 Å². The quantitative estimate of drug-likeness (QED) is 0.571. The molecule has 0 aliphatic rings. The van der Waals surface area contributed by atoms with E-state index >= 15 is 0 Å². The van der Waals surface area contributed by atoms with Crippen molar-refractivity contribution >= 4 is 11.6 Å². The van der Waals surface area contributed by atoms with Crippen LogP contribution in [0.4, 0.5) is 0 Å². The molecule has 0 spiro atoms. The summed E-state index contributed by atoms with van der Waals surface area (Å²) in [4.78, 5) is 25.9. The average Bonchev–Trinajstić information content (AvgIpc) is 2.72. The third kappa shape index (κ3) is 4.06. The Hall–Kier alpha value is -3.20. The van der Waals surface area contributed by atoms with Crippen LogP contribution in [-0.4, -0.2) is 18.7 Å². The molecule has 0 heterocycles. The maximum atomic E-state index is 13.1. The molecule has 1 unspecified atom stereocenters. The van der Waals surface area contributed by atoms with E-state index in [-0.39, 0.29) is 18.0 Å². The minimum Gasteiger partial charge on any atom is -0.497 e. The van der Waals surface area contributed by atoms with E-state index in [4.69, 9.17) is 4.74 Å². The topological polar surface area (TPSA) is 43.4 Å². The first-order chi connectivity index (χ1) is 12.7. The molecule has 0 fully saturated rings. The van der Waals surface area contributed by atoms with Gasteiger partial charge in [-0.25, -0.2) is 0 Å². The second kappa shape index (κ2) is 8.26. The normalized spacial score (nSPS) is 11.6. The van der Waals surface area contributed by atoms with Crippen molar-refractivity contribution in [2.75, 3.05) is 7.11 Å².